The van der Waals surface area contributed by atoms with Gasteiger partial charge in [0.1, 0.15) is 17.0 Å². The summed E-state index contributed by atoms with van der Waals surface area (Å²) in [5, 5.41) is 19.5. The lowest BCUT2D eigenvalue weighted by atomic mass is 10.1. The molecule has 0 amide bonds. The Morgan fingerprint density at radius 3 is 2.78 bits per heavy atom. The van der Waals surface area contributed by atoms with Crippen LogP contribution in [-0.2, 0) is 0 Å². The van der Waals surface area contributed by atoms with Crippen LogP contribution in [0.2, 0.25) is 5.02 Å². The predicted octanol–water partition coefficient (Wildman–Crippen LogP) is 4.25. The summed E-state index contributed by atoms with van der Waals surface area (Å²) in [4.78, 5) is 15.7. The van der Waals surface area contributed by atoms with E-state index in [0.717, 1.165) is 29.8 Å². The summed E-state index contributed by atoms with van der Waals surface area (Å²) < 4.78 is 1.90. The second kappa shape index (κ2) is 8.13. The predicted molar refractivity (Wildman–Crippen MR) is 125 cm³/mol. The van der Waals surface area contributed by atoms with Crippen LogP contribution in [0, 0.1) is 5.41 Å². The minimum Gasteiger partial charge on any atom is -0.396 e. The summed E-state index contributed by atoms with van der Waals surface area (Å²) in [5.41, 5.74) is 8.74. The van der Waals surface area contributed by atoms with Gasteiger partial charge in [0.05, 0.1) is 23.5 Å². The maximum absolute atomic E-state index is 7.96. The van der Waals surface area contributed by atoms with Gasteiger partial charge in [-0.2, -0.15) is 0 Å². The molecule has 0 unspecified atom stereocenters. The van der Waals surface area contributed by atoms with Gasteiger partial charge >= 0.3 is 0 Å². The largest absolute Gasteiger partial charge is 0.396 e. The van der Waals surface area contributed by atoms with E-state index >= 15 is 0 Å². The fourth-order valence-electron chi connectivity index (χ4n) is 3.77. The van der Waals surface area contributed by atoms with Crippen molar-refractivity contribution >= 4 is 51.9 Å². The minimum absolute atomic E-state index is 0.0994. The molecule has 0 aliphatic carbocycles. The first-order chi connectivity index (χ1) is 15.6. The molecule has 0 fully saturated rings. The van der Waals surface area contributed by atoms with Crippen molar-refractivity contribution in [3.8, 4) is 5.69 Å². The van der Waals surface area contributed by atoms with Gasteiger partial charge in [0, 0.05) is 28.5 Å². The number of nitrogens with one attached hydrogen (secondary N) is 1. The van der Waals surface area contributed by atoms with E-state index in [1.54, 1.807) is 18.7 Å². The molecule has 32 heavy (non-hydrogen) atoms. The molecule has 4 heterocycles. The van der Waals surface area contributed by atoms with Crippen molar-refractivity contribution in [3.05, 3.63) is 70.0 Å². The number of anilines is 2. The summed E-state index contributed by atoms with van der Waals surface area (Å²) >= 11 is 7.53. The van der Waals surface area contributed by atoms with Crippen LogP contribution in [0.15, 0.2) is 48.4 Å². The van der Waals surface area contributed by atoms with Gasteiger partial charge in [0.2, 0.25) is 0 Å². The standard InChI is InChI=1S/C21H18ClN9S/c1-2-15-20-29-27-11-30(20)16-10-26-18(14(9-23)17(24)21-25-7-8-32-21)28-19(16)31(15)13-5-3-12(22)4-6-13/h3-11,15,23H,2,24H2,1H3/b17-14+,23-9?/t15-/m0/s1. The first kappa shape index (κ1) is 20.3. The lowest BCUT2D eigenvalue weighted by Crippen LogP contribution is -2.32. The smallest absolute Gasteiger partial charge is 0.165 e. The molecule has 4 aromatic rings. The van der Waals surface area contributed by atoms with E-state index in [1.165, 1.54) is 11.3 Å². The molecule has 3 aromatic heterocycles. The molecule has 3 N–H and O–H groups in total. The lowest BCUT2D eigenvalue weighted by molar-refractivity contribution is 0.589. The Balaban J connectivity index is 1.73. The molecule has 1 aromatic carbocycles. The molecule has 11 heteroatoms. The van der Waals surface area contributed by atoms with Crippen LogP contribution >= 0.6 is 22.9 Å². The summed E-state index contributed by atoms with van der Waals surface area (Å²) in [6.45, 7) is 2.09. The fraction of sp³-hybridized carbons (Fsp3) is 0.143. The molecule has 0 saturated carbocycles. The number of allylic oxidation sites excluding steroid dienone is 1. The average molecular weight is 464 g/mol. The zero-order valence-electron chi connectivity index (χ0n) is 17.0. The summed E-state index contributed by atoms with van der Waals surface area (Å²) in [5.74, 6) is 1.82. The Bertz CT molecular complexity index is 1310. The normalized spacial score (nSPS) is 15.7. The highest BCUT2D eigenvalue weighted by molar-refractivity contribution is 7.10. The Morgan fingerprint density at radius 1 is 1.28 bits per heavy atom. The molecule has 0 bridgehead atoms. The van der Waals surface area contributed by atoms with Gasteiger partial charge < -0.3 is 16.0 Å². The summed E-state index contributed by atoms with van der Waals surface area (Å²) in [6.07, 6.45) is 6.97. The van der Waals surface area contributed by atoms with Crippen molar-refractivity contribution in [3.63, 3.8) is 0 Å². The van der Waals surface area contributed by atoms with Gasteiger partial charge in [-0.1, -0.05) is 18.5 Å². The Labute approximate surface area is 192 Å². The topological polar surface area (TPSA) is 122 Å². The fourth-order valence-corrected chi connectivity index (χ4v) is 4.50. The Hall–Kier alpha value is -3.63. The third-order valence-corrected chi connectivity index (χ3v) is 6.31. The van der Waals surface area contributed by atoms with Crippen LogP contribution in [0.1, 0.15) is 36.0 Å². The zero-order chi connectivity index (χ0) is 22.2. The SMILES string of the molecule is CC[C@H]1c2nncn2-c2cnc(/C(C=N)=C(/N)c3nccs3)nc2N1c1ccc(Cl)cc1. The quantitative estimate of drug-likeness (QED) is 0.424. The Kier molecular flexibility index (Phi) is 5.16. The number of nitrogens with zero attached hydrogens (tertiary/aromatic N) is 7. The Morgan fingerprint density at radius 2 is 2.09 bits per heavy atom. The molecular formula is C21H18ClN9S. The molecule has 1 atom stereocenters. The number of hydrogen-bond acceptors (Lipinski definition) is 9. The van der Waals surface area contributed by atoms with Crippen molar-refractivity contribution in [1.29, 1.82) is 5.41 Å². The maximum Gasteiger partial charge on any atom is 0.165 e. The number of halogens is 1. The van der Waals surface area contributed by atoms with Crippen LogP contribution in [-0.4, -0.2) is 35.9 Å². The van der Waals surface area contributed by atoms with Crippen LogP contribution in [0.4, 0.5) is 11.5 Å². The van der Waals surface area contributed by atoms with Gasteiger partial charge in [-0.3, -0.25) is 4.57 Å². The van der Waals surface area contributed by atoms with Gasteiger partial charge in [-0.25, -0.2) is 15.0 Å². The number of rotatable bonds is 5. The van der Waals surface area contributed by atoms with E-state index in [9.17, 15) is 0 Å². The molecular weight excluding hydrogens is 446 g/mol. The third-order valence-electron chi connectivity index (χ3n) is 5.25. The first-order valence-electron chi connectivity index (χ1n) is 9.85. The second-order valence-electron chi connectivity index (χ2n) is 7.04. The lowest BCUT2D eigenvalue weighted by Gasteiger charge is -2.36. The molecule has 0 radical (unpaired) electrons. The number of aromatic nitrogens is 6. The molecule has 9 nitrogen and oxygen atoms in total. The summed E-state index contributed by atoms with van der Waals surface area (Å²) in [6, 6.07) is 7.47. The van der Waals surface area contributed by atoms with E-state index in [4.69, 9.17) is 27.7 Å². The van der Waals surface area contributed by atoms with E-state index < -0.39 is 0 Å². The van der Waals surface area contributed by atoms with Crippen molar-refractivity contribution in [2.45, 2.75) is 19.4 Å². The van der Waals surface area contributed by atoms with Crippen molar-refractivity contribution < 1.29 is 0 Å². The number of nitrogens with two attached hydrogens (primary N) is 1. The van der Waals surface area contributed by atoms with Crippen molar-refractivity contribution in [1.82, 2.24) is 29.7 Å². The van der Waals surface area contributed by atoms with Crippen molar-refractivity contribution in [2.24, 2.45) is 5.73 Å². The van der Waals surface area contributed by atoms with Crippen LogP contribution in [0.5, 0.6) is 0 Å². The first-order valence-corrected chi connectivity index (χ1v) is 11.1. The van der Waals surface area contributed by atoms with Gasteiger partial charge in [-0.15, -0.1) is 21.5 Å². The molecule has 0 spiro atoms. The van der Waals surface area contributed by atoms with Gasteiger partial charge in [-0.05, 0) is 30.7 Å². The molecule has 160 valence electrons. The van der Waals surface area contributed by atoms with Crippen LogP contribution in [0.3, 0.4) is 0 Å². The third kappa shape index (κ3) is 3.24. The number of benzene rings is 1. The van der Waals surface area contributed by atoms with Gasteiger partial charge in [0.25, 0.3) is 0 Å². The number of fused-ring (bicyclic) bond motifs is 3. The van der Waals surface area contributed by atoms with E-state index in [2.05, 4.69) is 32.0 Å². The minimum atomic E-state index is -0.0994. The highest BCUT2D eigenvalue weighted by Gasteiger charge is 2.35. The van der Waals surface area contributed by atoms with Crippen LogP contribution in [0.25, 0.3) is 17.0 Å². The summed E-state index contributed by atoms with van der Waals surface area (Å²) in [7, 11) is 0. The van der Waals surface area contributed by atoms with E-state index in [0.29, 0.717) is 32.9 Å². The molecule has 1 aliphatic heterocycles. The van der Waals surface area contributed by atoms with E-state index in [1.807, 2.05) is 34.2 Å². The second-order valence-corrected chi connectivity index (χ2v) is 8.37. The zero-order valence-corrected chi connectivity index (χ0v) is 18.5. The monoisotopic (exact) mass is 463 g/mol. The van der Waals surface area contributed by atoms with Crippen LogP contribution < -0.4 is 10.6 Å². The van der Waals surface area contributed by atoms with E-state index in [-0.39, 0.29) is 6.04 Å². The number of thiazole rings is 1. The average Bonchev–Trinajstić information content (AvgIpc) is 3.52. The molecule has 0 saturated heterocycles. The highest BCUT2D eigenvalue weighted by Crippen LogP contribution is 2.43. The molecule has 1 aliphatic rings. The maximum atomic E-state index is 7.96. The molecule has 5 rings (SSSR count). The van der Waals surface area contributed by atoms with Crippen molar-refractivity contribution in [2.75, 3.05) is 4.90 Å². The van der Waals surface area contributed by atoms with Gasteiger partial charge in [0.15, 0.2) is 17.5 Å². The number of hydrogen-bond donors (Lipinski definition) is 2. The highest BCUT2D eigenvalue weighted by atomic mass is 35.5.